The van der Waals surface area contributed by atoms with Gasteiger partial charge in [0, 0.05) is 40.9 Å². The van der Waals surface area contributed by atoms with Gasteiger partial charge in [-0.1, -0.05) is 37.3 Å². The van der Waals surface area contributed by atoms with Crippen LogP contribution in [-0.2, 0) is 12.8 Å². The predicted octanol–water partition coefficient (Wildman–Crippen LogP) is 6.13. The zero-order valence-electron chi connectivity index (χ0n) is 20.2. The van der Waals surface area contributed by atoms with Gasteiger partial charge in [-0.3, -0.25) is 9.59 Å². The molecule has 6 heteroatoms. The Morgan fingerprint density at radius 3 is 2.75 bits per heavy atom. The Balaban J connectivity index is 1.38. The van der Waals surface area contributed by atoms with Gasteiger partial charge in [-0.15, -0.1) is 0 Å². The zero-order valence-corrected chi connectivity index (χ0v) is 20.2. The Kier molecular flexibility index (Phi) is 5.14. The molecule has 2 aromatic heterocycles. The van der Waals surface area contributed by atoms with Crippen LogP contribution in [0, 0.1) is 24.1 Å². The number of halogens is 1. The summed E-state index contributed by atoms with van der Waals surface area (Å²) in [7, 11) is 0. The average Bonchev–Trinajstić information content (AvgIpc) is 3.42. The summed E-state index contributed by atoms with van der Waals surface area (Å²) in [6.45, 7) is 3.89. The van der Waals surface area contributed by atoms with Gasteiger partial charge in [0.1, 0.15) is 11.6 Å². The van der Waals surface area contributed by atoms with E-state index in [-0.39, 0.29) is 28.8 Å². The molecule has 1 fully saturated rings. The Morgan fingerprint density at radius 2 is 1.97 bits per heavy atom. The minimum absolute atomic E-state index is 0.0562. The van der Waals surface area contributed by atoms with Gasteiger partial charge in [-0.25, -0.2) is 9.37 Å². The number of nitrogens with one attached hydrogen (secondary N) is 2. The van der Waals surface area contributed by atoms with Crippen LogP contribution in [0.2, 0.25) is 0 Å². The third kappa shape index (κ3) is 3.83. The predicted molar refractivity (Wildman–Crippen MR) is 137 cm³/mol. The quantitative estimate of drug-likeness (QED) is 0.361. The van der Waals surface area contributed by atoms with Crippen LogP contribution in [0.3, 0.4) is 0 Å². The number of anilines is 1. The van der Waals surface area contributed by atoms with Crippen molar-refractivity contribution in [1.29, 1.82) is 0 Å². The third-order valence-corrected chi connectivity index (χ3v) is 7.62. The number of carbonyl (C=O) groups is 2. The second-order valence-electron chi connectivity index (χ2n) is 10.3. The molecule has 0 spiro atoms. The highest BCUT2D eigenvalue weighted by atomic mass is 19.1. The van der Waals surface area contributed by atoms with Crippen molar-refractivity contribution < 1.29 is 14.0 Å². The van der Waals surface area contributed by atoms with E-state index in [0.717, 1.165) is 46.5 Å². The highest BCUT2D eigenvalue weighted by Crippen LogP contribution is 2.59. The van der Waals surface area contributed by atoms with E-state index in [2.05, 4.69) is 34.3 Å². The van der Waals surface area contributed by atoms with Crippen molar-refractivity contribution in [1.82, 2.24) is 9.97 Å². The van der Waals surface area contributed by atoms with E-state index < -0.39 is 0 Å². The average molecular weight is 480 g/mol. The summed E-state index contributed by atoms with van der Waals surface area (Å²) in [5.41, 5.74) is 6.69. The number of amides is 1. The fraction of sp³-hybridized carbons (Fsp3) is 0.233. The molecule has 0 aliphatic heterocycles. The van der Waals surface area contributed by atoms with E-state index >= 15 is 0 Å². The molecular formula is C30H26FN3O2. The van der Waals surface area contributed by atoms with Gasteiger partial charge in [0.2, 0.25) is 0 Å². The van der Waals surface area contributed by atoms with Crippen molar-refractivity contribution in [3.8, 4) is 11.3 Å². The molecule has 1 amide bonds. The molecule has 6 rings (SSSR count). The van der Waals surface area contributed by atoms with Crippen molar-refractivity contribution in [2.75, 3.05) is 5.32 Å². The van der Waals surface area contributed by atoms with Crippen molar-refractivity contribution in [2.24, 2.45) is 11.3 Å². The Morgan fingerprint density at radius 1 is 1.17 bits per heavy atom. The Hall–Kier alpha value is -4.06. The lowest BCUT2D eigenvalue weighted by atomic mass is 9.84. The van der Waals surface area contributed by atoms with Crippen LogP contribution in [0.15, 0.2) is 66.9 Å². The molecule has 0 unspecified atom stereocenters. The van der Waals surface area contributed by atoms with Gasteiger partial charge in [-0.2, -0.15) is 0 Å². The van der Waals surface area contributed by atoms with Crippen molar-refractivity contribution in [3.05, 3.63) is 106 Å². The number of nitrogens with zero attached hydrogens (tertiary/aromatic N) is 1. The van der Waals surface area contributed by atoms with Crippen molar-refractivity contribution in [3.63, 3.8) is 0 Å². The normalized spacial score (nSPS) is 20.0. The Labute approximate surface area is 208 Å². The maximum atomic E-state index is 13.5. The number of H-pyrrole nitrogens is 1. The van der Waals surface area contributed by atoms with Crippen LogP contribution in [0.1, 0.15) is 56.4 Å². The molecule has 2 N–H and O–H groups in total. The van der Waals surface area contributed by atoms with Gasteiger partial charge in [0.05, 0.1) is 5.69 Å². The molecule has 0 bridgehead atoms. The van der Waals surface area contributed by atoms with Crippen LogP contribution in [0.4, 0.5) is 10.2 Å². The molecule has 4 aromatic rings. The van der Waals surface area contributed by atoms with E-state index in [1.165, 1.54) is 18.2 Å². The highest BCUT2D eigenvalue weighted by molar-refractivity contribution is 6.06. The van der Waals surface area contributed by atoms with Crippen LogP contribution in [-0.4, -0.2) is 21.7 Å². The number of benzene rings is 2. The molecule has 0 radical (unpaired) electrons. The minimum atomic E-state index is -0.383. The molecule has 2 aromatic carbocycles. The zero-order chi connectivity index (χ0) is 25.0. The lowest BCUT2D eigenvalue weighted by Crippen LogP contribution is -2.20. The summed E-state index contributed by atoms with van der Waals surface area (Å²) in [5, 5.41) is 2.84. The van der Waals surface area contributed by atoms with Gasteiger partial charge < -0.3 is 10.3 Å². The first-order valence-corrected chi connectivity index (χ1v) is 12.2. The van der Waals surface area contributed by atoms with Crippen LogP contribution >= 0.6 is 0 Å². The van der Waals surface area contributed by atoms with E-state index in [9.17, 15) is 14.0 Å². The largest absolute Gasteiger partial charge is 0.358 e. The molecular weight excluding hydrogens is 453 g/mol. The number of fused-ring (bicyclic) bond motifs is 2. The number of hydrogen-bond acceptors (Lipinski definition) is 3. The molecule has 1 saturated carbocycles. The van der Waals surface area contributed by atoms with Gasteiger partial charge >= 0.3 is 0 Å². The molecule has 2 aliphatic carbocycles. The molecule has 2 atom stereocenters. The monoisotopic (exact) mass is 479 g/mol. The van der Waals surface area contributed by atoms with Crippen LogP contribution < -0.4 is 5.32 Å². The lowest BCUT2D eigenvalue weighted by molar-refractivity contribution is 0.0938. The number of Topliss-reactive ketones (excluding diaryl/α,β-unsaturated/α-hetero) is 1. The standard InChI is InChI=1S/C30H26FN3O2/c1-17-12-20(31)8-9-21(17)29(36)34-25-14-19(10-11-32-25)27-22(13-18-6-4-3-5-7-18)26-24(33-27)16-30(2)15-23(30)28(26)35/h3-12,14,23,33H,13,15-16H2,1-2H3,(H,32,34,36)/t23-,30+/m0/s1. The van der Waals surface area contributed by atoms with E-state index in [1.807, 2.05) is 30.3 Å². The maximum absolute atomic E-state index is 13.5. The smallest absolute Gasteiger partial charge is 0.257 e. The summed E-state index contributed by atoms with van der Waals surface area (Å²) >= 11 is 0. The van der Waals surface area contributed by atoms with E-state index in [4.69, 9.17) is 0 Å². The second-order valence-corrected chi connectivity index (χ2v) is 10.3. The van der Waals surface area contributed by atoms with Gasteiger partial charge in [0.15, 0.2) is 5.78 Å². The molecule has 36 heavy (non-hydrogen) atoms. The second kappa shape index (κ2) is 8.26. The number of carbonyl (C=O) groups excluding carboxylic acids is 2. The van der Waals surface area contributed by atoms with Crippen molar-refractivity contribution >= 4 is 17.5 Å². The summed E-state index contributed by atoms with van der Waals surface area (Å²) in [4.78, 5) is 34.2. The number of aromatic nitrogens is 2. The summed E-state index contributed by atoms with van der Waals surface area (Å²) in [5.74, 6) is -0.000874. The summed E-state index contributed by atoms with van der Waals surface area (Å²) in [6.07, 6.45) is 4.09. The van der Waals surface area contributed by atoms with Crippen LogP contribution in [0.5, 0.6) is 0 Å². The van der Waals surface area contributed by atoms with E-state index in [1.54, 1.807) is 13.1 Å². The molecule has 0 saturated heterocycles. The van der Waals surface area contributed by atoms with Gasteiger partial charge in [0.25, 0.3) is 5.91 Å². The number of aryl methyl sites for hydroxylation is 1. The molecule has 5 nitrogen and oxygen atoms in total. The number of ketones is 1. The Bertz CT molecular complexity index is 1520. The molecule has 2 aliphatic rings. The first-order valence-electron chi connectivity index (χ1n) is 12.2. The minimum Gasteiger partial charge on any atom is -0.358 e. The molecule has 2 heterocycles. The first kappa shape index (κ1) is 22.4. The van der Waals surface area contributed by atoms with Crippen molar-refractivity contribution in [2.45, 2.75) is 33.1 Å². The lowest BCUT2D eigenvalue weighted by Gasteiger charge is -2.17. The number of hydrogen-bond donors (Lipinski definition) is 2. The van der Waals surface area contributed by atoms with E-state index in [0.29, 0.717) is 23.4 Å². The summed E-state index contributed by atoms with van der Waals surface area (Å²) in [6, 6.07) is 17.9. The number of pyridine rings is 1. The topological polar surface area (TPSA) is 74.8 Å². The summed E-state index contributed by atoms with van der Waals surface area (Å²) < 4.78 is 13.5. The van der Waals surface area contributed by atoms with Crippen LogP contribution in [0.25, 0.3) is 11.3 Å². The first-order chi connectivity index (χ1) is 17.3. The fourth-order valence-electron chi connectivity index (χ4n) is 5.56. The highest BCUT2D eigenvalue weighted by Gasteiger charge is 2.58. The van der Waals surface area contributed by atoms with Gasteiger partial charge in [-0.05, 0) is 72.2 Å². The number of rotatable bonds is 5. The SMILES string of the molecule is Cc1cc(F)ccc1C(=O)Nc1cc(-c2[nH]c3c(c2Cc2ccccc2)C(=O)[C@@H]2C[C@]2(C)C3)ccn1. The fourth-order valence-corrected chi connectivity index (χ4v) is 5.56. The third-order valence-electron chi connectivity index (χ3n) is 7.62. The number of aromatic amines is 1. The molecule has 180 valence electrons. The maximum Gasteiger partial charge on any atom is 0.257 e.